The van der Waals surface area contributed by atoms with E-state index < -0.39 is 5.92 Å². The highest BCUT2D eigenvalue weighted by Gasteiger charge is 2.26. The standard InChI is InChI=1S/C27H21N3O2/c1-19-16-17-25(24(18-19)30-28-22-14-8-9-15-23(22)29-30)32-27(31)26(20-10-4-2-5-11-20)21-12-6-3-7-13-21/h2-18,26H,1H3. The Bertz CT molecular complexity index is 1310. The molecule has 1 heterocycles. The number of carbonyl (C=O) groups is 1. The molecule has 0 aliphatic carbocycles. The first-order chi connectivity index (χ1) is 15.7. The second kappa shape index (κ2) is 8.47. The molecule has 0 fully saturated rings. The van der Waals surface area contributed by atoms with E-state index in [2.05, 4.69) is 10.2 Å². The van der Waals surface area contributed by atoms with Crippen LogP contribution in [0.15, 0.2) is 103 Å². The van der Waals surface area contributed by atoms with E-state index in [4.69, 9.17) is 4.74 Å². The van der Waals surface area contributed by atoms with E-state index in [1.165, 1.54) is 4.80 Å². The van der Waals surface area contributed by atoms with Gasteiger partial charge in [0.1, 0.15) is 22.6 Å². The summed E-state index contributed by atoms with van der Waals surface area (Å²) in [5.41, 5.74) is 4.94. The summed E-state index contributed by atoms with van der Waals surface area (Å²) in [5, 5.41) is 9.13. The van der Waals surface area contributed by atoms with Crippen molar-refractivity contribution in [1.29, 1.82) is 0 Å². The molecule has 0 saturated heterocycles. The number of aromatic nitrogens is 3. The summed E-state index contributed by atoms with van der Waals surface area (Å²) in [4.78, 5) is 15.0. The third-order valence-electron chi connectivity index (χ3n) is 5.33. The van der Waals surface area contributed by atoms with Gasteiger partial charge in [-0.25, -0.2) is 0 Å². The van der Waals surface area contributed by atoms with Crippen LogP contribution in [0.2, 0.25) is 0 Å². The van der Waals surface area contributed by atoms with Gasteiger partial charge in [0.2, 0.25) is 0 Å². The van der Waals surface area contributed by atoms with Crippen LogP contribution in [-0.4, -0.2) is 21.0 Å². The average molecular weight is 419 g/mol. The predicted molar refractivity (Wildman–Crippen MR) is 124 cm³/mol. The Morgan fingerprint density at radius 1 is 0.750 bits per heavy atom. The number of carbonyl (C=O) groups excluding carboxylic acids is 1. The third kappa shape index (κ3) is 3.88. The van der Waals surface area contributed by atoms with Gasteiger partial charge in [-0.15, -0.1) is 15.0 Å². The van der Waals surface area contributed by atoms with Gasteiger partial charge in [-0.1, -0.05) is 78.9 Å². The first kappa shape index (κ1) is 19.7. The Hall–Kier alpha value is -4.25. The van der Waals surface area contributed by atoms with Crippen LogP contribution < -0.4 is 4.74 Å². The maximum atomic E-state index is 13.5. The predicted octanol–water partition coefficient (Wildman–Crippen LogP) is 5.47. The van der Waals surface area contributed by atoms with Gasteiger partial charge in [0.25, 0.3) is 0 Å². The van der Waals surface area contributed by atoms with Crippen LogP contribution in [0.4, 0.5) is 0 Å². The maximum Gasteiger partial charge on any atom is 0.323 e. The summed E-state index contributed by atoms with van der Waals surface area (Å²) in [6, 6.07) is 32.6. The fourth-order valence-electron chi connectivity index (χ4n) is 3.76. The van der Waals surface area contributed by atoms with E-state index in [1.54, 1.807) is 6.07 Å². The van der Waals surface area contributed by atoms with Gasteiger partial charge in [-0.3, -0.25) is 4.79 Å². The van der Waals surface area contributed by atoms with Gasteiger partial charge >= 0.3 is 5.97 Å². The molecule has 5 rings (SSSR count). The minimum atomic E-state index is -0.545. The van der Waals surface area contributed by atoms with Crippen molar-refractivity contribution in [3.05, 3.63) is 120 Å². The number of aryl methyl sites for hydroxylation is 1. The quantitative estimate of drug-likeness (QED) is 0.280. The number of hydrogen-bond donors (Lipinski definition) is 0. The van der Waals surface area contributed by atoms with Crippen LogP contribution in [-0.2, 0) is 4.79 Å². The highest BCUT2D eigenvalue weighted by Crippen LogP contribution is 2.30. The van der Waals surface area contributed by atoms with E-state index in [0.717, 1.165) is 27.7 Å². The Kier molecular flexibility index (Phi) is 5.22. The molecule has 4 aromatic carbocycles. The number of ether oxygens (including phenoxy) is 1. The van der Waals surface area contributed by atoms with E-state index in [1.807, 2.05) is 104 Å². The molecule has 0 saturated carbocycles. The summed E-state index contributed by atoms with van der Waals surface area (Å²) in [7, 11) is 0. The van der Waals surface area contributed by atoms with Crippen molar-refractivity contribution < 1.29 is 9.53 Å². The molecule has 156 valence electrons. The van der Waals surface area contributed by atoms with Crippen molar-refractivity contribution >= 4 is 17.0 Å². The molecule has 0 bridgehead atoms. The number of benzene rings is 4. The lowest BCUT2D eigenvalue weighted by Crippen LogP contribution is -2.21. The SMILES string of the molecule is Cc1ccc(OC(=O)C(c2ccccc2)c2ccccc2)c(-n2nc3ccccc3n2)c1. The molecule has 0 atom stereocenters. The largest absolute Gasteiger partial charge is 0.423 e. The fraction of sp³-hybridized carbons (Fsp3) is 0.0741. The average Bonchev–Trinajstić information content (AvgIpc) is 3.26. The highest BCUT2D eigenvalue weighted by molar-refractivity contribution is 5.85. The molecular formula is C27H21N3O2. The molecule has 0 N–H and O–H groups in total. The summed E-state index contributed by atoms with van der Waals surface area (Å²) < 4.78 is 5.98. The van der Waals surface area contributed by atoms with Crippen molar-refractivity contribution in [1.82, 2.24) is 15.0 Å². The smallest absolute Gasteiger partial charge is 0.323 e. The lowest BCUT2D eigenvalue weighted by Gasteiger charge is -2.18. The lowest BCUT2D eigenvalue weighted by molar-refractivity contribution is -0.135. The monoisotopic (exact) mass is 419 g/mol. The van der Waals surface area contributed by atoms with Crippen molar-refractivity contribution in [2.75, 3.05) is 0 Å². The normalized spacial score (nSPS) is 11.1. The molecular weight excluding hydrogens is 398 g/mol. The molecule has 5 heteroatoms. The molecule has 0 radical (unpaired) electrons. The van der Waals surface area contributed by atoms with Crippen molar-refractivity contribution in [2.45, 2.75) is 12.8 Å². The van der Waals surface area contributed by atoms with Crippen LogP contribution in [0.3, 0.4) is 0 Å². The van der Waals surface area contributed by atoms with E-state index >= 15 is 0 Å². The van der Waals surface area contributed by atoms with Crippen LogP contribution in [0, 0.1) is 6.92 Å². The molecule has 5 nitrogen and oxygen atoms in total. The van der Waals surface area contributed by atoms with Gasteiger partial charge < -0.3 is 4.74 Å². The summed E-state index contributed by atoms with van der Waals surface area (Å²) >= 11 is 0. The fourth-order valence-corrected chi connectivity index (χ4v) is 3.76. The zero-order valence-corrected chi connectivity index (χ0v) is 17.6. The molecule has 32 heavy (non-hydrogen) atoms. The highest BCUT2D eigenvalue weighted by atomic mass is 16.5. The van der Waals surface area contributed by atoms with Gasteiger partial charge in [-0.05, 0) is 47.9 Å². The molecule has 5 aromatic rings. The van der Waals surface area contributed by atoms with Crippen LogP contribution in [0.25, 0.3) is 16.7 Å². The number of rotatable bonds is 5. The Morgan fingerprint density at radius 2 is 1.28 bits per heavy atom. The summed E-state index contributed by atoms with van der Waals surface area (Å²) in [6.45, 7) is 1.98. The lowest BCUT2D eigenvalue weighted by atomic mass is 9.91. The van der Waals surface area contributed by atoms with Crippen molar-refractivity contribution in [3.63, 3.8) is 0 Å². The Morgan fingerprint density at radius 3 is 1.84 bits per heavy atom. The maximum absolute atomic E-state index is 13.5. The third-order valence-corrected chi connectivity index (χ3v) is 5.33. The first-order valence-corrected chi connectivity index (χ1v) is 10.4. The minimum Gasteiger partial charge on any atom is -0.423 e. The van der Waals surface area contributed by atoms with Crippen LogP contribution in [0.1, 0.15) is 22.6 Å². The number of nitrogens with zero attached hydrogens (tertiary/aromatic N) is 3. The van der Waals surface area contributed by atoms with Crippen molar-refractivity contribution in [3.8, 4) is 11.4 Å². The number of esters is 1. The molecule has 1 aromatic heterocycles. The first-order valence-electron chi connectivity index (χ1n) is 10.4. The van der Waals surface area contributed by atoms with Gasteiger partial charge in [-0.2, -0.15) is 0 Å². The Balaban J connectivity index is 1.55. The van der Waals surface area contributed by atoms with Crippen LogP contribution >= 0.6 is 0 Å². The second-order valence-electron chi connectivity index (χ2n) is 7.62. The molecule has 0 aliphatic heterocycles. The summed E-state index contributed by atoms with van der Waals surface area (Å²) in [5.74, 6) is -0.488. The second-order valence-corrected chi connectivity index (χ2v) is 7.62. The van der Waals surface area contributed by atoms with Gasteiger partial charge in [0, 0.05) is 0 Å². The van der Waals surface area contributed by atoms with Crippen LogP contribution in [0.5, 0.6) is 5.75 Å². The zero-order chi connectivity index (χ0) is 21.9. The Labute approximate surface area is 185 Å². The summed E-state index contributed by atoms with van der Waals surface area (Å²) in [6.07, 6.45) is 0. The van der Waals surface area contributed by atoms with Gasteiger partial charge in [0.05, 0.1) is 0 Å². The van der Waals surface area contributed by atoms with Gasteiger partial charge in [0.15, 0.2) is 5.75 Å². The van der Waals surface area contributed by atoms with Crippen molar-refractivity contribution in [2.24, 2.45) is 0 Å². The zero-order valence-electron chi connectivity index (χ0n) is 17.6. The van der Waals surface area contributed by atoms with E-state index in [0.29, 0.717) is 11.4 Å². The van der Waals surface area contributed by atoms with E-state index in [-0.39, 0.29) is 5.97 Å². The topological polar surface area (TPSA) is 57.0 Å². The van der Waals surface area contributed by atoms with E-state index in [9.17, 15) is 4.79 Å². The number of fused-ring (bicyclic) bond motifs is 1. The molecule has 0 spiro atoms. The molecule has 0 amide bonds. The minimum absolute atomic E-state index is 0.357. The number of hydrogen-bond acceptors (Lipinski definition) is 4. The molecule has 0 unspecified atom stereocenters. The molecule has 0 aliphatic rings.